The first kappa shape index (κ1) is 19.9. The molecule has 0 unspecified atom stereocenters. The molecule has 0 aliphatic carbocycles. The summed E-state index contributed by atoms with van der Waals surface area (Å²) in [5.74, 6) is 1.39. The van der Waals surface area contributed by atoms with Gasteiger partial charge in [-0.15, -0.1) is 0 Å². The van der Waals surface area contributed by atoms with Gasteiger partial charge in [-0.1, -0.05) is 20.8 Å². The smallest absolute Gasteiger partial charge is 0.214 e. The second kappa shape index (κ2) is 7.29. The molecule has 0 radical (unpaired) electrons. The van der Waals surface area contributed by atoms with E-state index < -0.39 is 10.0 Å². The Balaban J connectivity index is 1.88. The highest BCUT2D eigenvalue weighted by Gasteiger charge is 2.35. The first-order valence-corrected chi connectivity index (χ1v) is 10.5. The first-order chi connectivity index (χ1) is 12.6. The summed E-state index contributed by atoms with van der Waals surface area (Å²) in [6.45, 7) is 7.06. The predicted octanol–water partition coefficient (Wildman–Crippen LogP) is 1.72. The van der Waals surface area contributed by atoms with Gasteiger partial charge >= 0.3 is 0 Å². The van der Waals surface area contributed by atoms with Crippen molar-refractivity contribution in [3.8, 4) is 11.4 Å². The maximum absolute atomic E-state index is 12.3. The normalized spacial score (nSPS) is 21.1. The van der Waals surface area contributed by atoms with Gasteiger partial charge in [-0.2, -0.15) is 0 Å². The molecule has 3 heterocycles. The van der Waals surface area contributed by atoms with Gasteiger partial charge in [0, 0.05) is 50.2 Å². The minimum absolute atomic E-state index is 0.0434. The van der Waals surface area contributed by atoms with Crippen LogP contribution in [0.25, 0.3) is 11.4 Å². The van der Waals surface area contributed by atoms with Crippen LogP contribution in [0.2, 0.25) is 0 Å². The van der Waals surface area contributed by atoms with E-state index in [2.05, 4.69) is 35.7 Å². The number of sulfonamides is 1. The number of rotatable bonds is 5. The molecule has 1 aliphatic rings. The summed E-state index contributed by atoms with van der Waals surface area (Å²) in [4.78, 5) is 13.4. The lowest BCUT2D eigenvalue weighted by molar-refractivity contribution is 0.182. The molecule has 148 valence electrons. The molecule has 9 heteroatoms. The molecule has 2 aromatic heterocycles. The van der Waals surface area contributed by atoms with E-state index in [1.54, 1.807) is 32.7 Å². The fraction of sp³-hybridized carbons (Fsp3) is 0.611. The quantitative estimate of drug-likeness (QED) is 0.768. The van der Waals surface area contributed by atoms with Crippen molar-refractivity contribution >= 4 is 10.0 Å². The Labute approximate surface area is 160 Å². The fourth-order valence-electron chi connectivity index (χ4n) is 3.11. The molecule has 2 aromatic rings. The van der Waals surface area contributed by atoms with E-state index in [9.17, 15) is 8.42 Å². The van der Waals surface area contributed by atoms with Gasteiger partial charge in [0.1, 0.15) is 11.6 Å². The third-order valence-corrected chi connectivity index (χ3v) is 6.71. The highest BCUT2D eigenvalue weighted by Crippen LogP contribution is 2.31. The summed E-state index contributed by atoms with van der Waals surface area (Å²) >= 11 is 0. The van der Waals surface area contributed by atoms with Gasteiger partial charge in [0.05, 0.1) is 30.6 Å². The van der Waals surface area contributed by atoms with Gasteiger partial charge in [-0.25, -0.2) is 27.7 Å². The lowest BCUT2D eigenvalue weighted by Crippen LogP contribution is -2.32. The molecule has 0 aromatic carbocycles. The summed E-state index contributed by atoms with van der Waals surface area (Å²) in [5.41, 5.74) is 0.674. The van der Waals surface area contributed by atoms with Crippen molar-refractivity contribution in [3.63, 3.8) is 0 Å². The summed E-state index contributed by atoms with van der Waals surface area (Å²) in [6.07, 6.45) is 7.12. The van der Waals surface area contributed by atoms with Crippen LogP contribution in [0.4, 0.5) is 0 Å². The van der Waals surface area contributed by atoms with Crippen molar-refractivity contribution in [3.05, 3.63) is 30.6 Å². The molecule has 1 aliphatic heterocycles. The van der Waals surface area contributed by atoms with E-state index >= 15 is 0 Å². The van der Waals surface area contributed by atoms with Crippen molar-refractivity contribution < 1.29 is 13.2 Å². The summed E-state index contributed by atoms with van der Waals surface area (Å²) in [6, 6.07) is -0.0977. The van der Waals surface area contributed by atoms with Crippen LogP contribution in [0.1, 0.15) is 32.6 Å². The second-order valence-electron chi connectivity index (χ2n) is 8.13. The monoisotopic (exact) mass is 393 g/mol. The third kappa shape index (κ3) is 4.20. The third-order valence-electron chi connectivity index (χ3n) is 4.75. The predicted molar refractivity (Wildman–Crippen MR) is 103 cm³/mol. The van der Waals surface area contributed by atoms with Crippen molar-refractivity contribution in [2.45, 2.75) is 32.2 Å². The van der Waals surface area contributed by atoms with Crippen molar-refractivity contribution in [2.24, 2.45) is 5.92 Å². The first-order valence-electron chi connectivity index (χ1n) is 8.93. The van der Waals surface area contributed by atoms with Crippen LogP contribution in [-0.2, 0) is 20.2 Å². The zero-order chi connectivity index (χ0) is 19.8. The average Bonchev–Trinajstić information content (AvgIpc) is 3.22. The van der Waals surface area contributed by atoms with E-state index in [-0.39, 0.29) is 23.1 Å². The summed E-state index contributed by atoms with van der Waals surface area (Å²) < 4.78 is 33.5. The Bertz CT molecular complexity index is 884. The topological polar surface area (TPSA) is 90.2 Å². The molecule has 1 fully saturated rings. The molecule has 27 heavy (non-hydrogen) atoms. The van der Waals surface area contributed by atoms with E-state index in [1.807, 2.05) is 10.8 Å². The Morgan fingerprint density at radius 1 is 1.19 bits per heavy atom. The number of imidazole rings is 1. The highest BCUT2D eigenvalue weighted by atomic mass is 32.2. The summed E-state index contributed by atoms with van der Waals surface area (Å²) in [5, 5.41) is 0. The van der Waals surface area contributed by atoms with Crippen LogP contribution in [-0.4, -0.2) is 65.3 Å². The average molecular weight is 394 g/mol. The van der Waals surface area contributed by atoms with Crippen LogP contribution in [0.5, 0.6) is 0 Å². The van der Waals surface area contributed by atoms with Gasteiger partial charge in [-0.3, -0.25) is 0 Å². The minimum Gasteiger partial charge on any atom is -0.379 e. The van der Waals surface area contributed by atoms with E-state index in [4.69, 9.17) is 4.74 Å². The van der Waals surface area contributed by atoms with Crippen molar-refractivity contribution in [1.82, 2.24) is 23.8 Å². The Morgan fingerprint density at radius 3 is 2.44 bits per heavy atom. The lowest BCUT2D eigenvalue weighted by Gasteiger charge is -2.22. The summed E-state index contributed by atoms with van der Waals surface area (Å²) in [7, 11) is -0.205. The molecule has 0 N–H and O–H groups in total. The molecule has 8 nitrogen and oxygen atoms in total. The molecular formula is C18H27N5O3S. The molecule has 2 atom stereocenters. The van der Waals surface area contributed by atoms with Gasteiger partial charge in [0.15, 0.2) is 0 Å². The van der Waals surface area contributed by atoms with Crippen molar-refractivity contribution in [1.29, 1.82) is 0 Å². The van der Waals surface area contributed by atoms with Gasteiger partial charge in [-0.05, 0) is 0 Å². The zero-order valence-electron chi connectivity index (χ0n) is 16.5. The molecule has 0 saturated carbocycles. The Kier molecular flexibility index (Phi) is 5.38. The van der Waals surface area contributed by atoms with Gasteiger partial charge in [0.2, 0.25) is 10.0 Å². The fourth-order valence-corrected chi connectivity index (χ4v) is 4.27. The zero-order valence-corrected chi connectivity index (χ0v) is 17.3. The number of hydrogen-bond acceptors (Lipinski definition) is 6. The van der Waals surface area contributed by atoms with Gasteiger partial charge in [0.25, 0.3) is 0 Å². The maximum atomic E-state index is 12.3. The van der Waals surface area contributed by atoms with Gasteiger partial charge < -0.3 is 9.30 Å². The van der Waals surface area contributed by atoms with Crippen LogP contribution in [0, 0.1) is 5.92 Å². The molecule has 0 bridgehead atoms. The maximum Gasteiger partial charge on any atom is 0.214 e. The number of ether oxygens (including phenoxy) is 1. The number of hydrogen-bond donors (Lipinski definition) is 0. The van der Waals surface area contributed by atoms with Crippen LogP contribution in [0.3, 0.4) is 0 Å². The Hall–Kier alpha value is -1.84. The number of nitrogens with zero attached hydrogens (tertiary/aromatic N) is 5. The minimum atomic E-state index is -3.31. The SMILES string of the molecule is CN(C)S(=O)(=O)C[C@@H]1COC[C@H]1n1ccnc1-c1cnc(C(C)(C)C)nc1. The van der Waals surface area contributed by atoms with E-state index in [0.717, 1.165) is 17.2 Å². The van der Waals surface area contributed by atoms with E-state index in [0.29, 0.717) is 13.2 Å². The standard InChI is InChI=1S/C18H27N5O3S/c1-18(2,3)17-20-8-13(9-21-17)16-19-6-7-23(16)15-11-26-10-14(15)12-27(24,25)22(4)5/h6-9,14-15H,10-12H2,1-5H3/t14-,15+/m0/s1. The van der Waals surface area contributed by atoms with Crippen LogP contribution < -0.4 is 0 Å². The highest BCUT2D eigenvalue weighted by molar-refractivity contribution is 7.89. The molecule has 3 rings (SSSR count). The Morgan fingerprint density at radius 2 is 1.85 bits per heavy atom. The van der Waals surface area contributed by atoms with Crippen LogP contribution >= 0.6 is 0 Å². The molecular weight excluding hydrogens is 366 g/mol. The van der Waals surface area contributed by atoms with Crippen LogP contribution in [0.15, 0.2) is 24.8 Å². The molecule has 0 amide bonds. The molecule has 1 saturated heterocycles. The number of aromatic nitrogens is 4. The second-order valence-corrected chi connectivity index (χ2v) is 10.4. The molecule has 0 spiro atoms. The lowest BCUT2D eigenvalue weighted by atomic mass is 9.96. The van der Waals surface area contributed by atoms with E-state index in [1.165, 1.54) is 4.31 Å². The van der Waals surface area contributed by atoms with Crippen molar-refractivity contribution in [2.75, 3.05) is 33.1 Å². The largest absolute Gasteiger partial charge is 0.379 e.